The number of urea groups is 1. The molecule has 0 spiro atoms. The van der Waals surface area contributed by atoms with Crippen molar-refractivity contribution in [1.82, 2.24) is 10.1 Å². The SMILES string of the molecule is CCCCN(C(N)=O)C(=O)c1cc(C)on1. The molecule has 0 aliphatic heterocycles. The van der Waals surface area contributed by atoms with E-state index in [1.807, 2.05) is 6.92 Å². The summed E-state index contributed by atoms with van der Waals surface area (Å²) >= 11 is 0. The van der Waals surface area contributed by atoms with E-state index in [-0.39, 0.29) is 5.69 Å². The van der Waals surface area contributed by atoms with Gasteiger partial charge in [0, 0.05) is 12.6 Å². The largest absolute Gasteiger partial charge is 0.361 e. The van der Waals surface area contributed by atoms with Gasteiger partial charge in [-0.25, -0.2) is 4.79 Å². The molecule has 0 unspecified atom stereocenters. The third-order valence-electron chi connectivity index (χ3n) is 2.09. The Kier molecular flexibility index (Phi) is 4.04. The number of hydrogen-bond acceptors (Lipinski definition) is 4. The van der Waals surface area contributed by atoms with Crippen LogP contribution >= 0.6 is 0 Å². The highest BCUT2D eigenvalue weighted by Crippen LogP contribution is 2.07. The van der Waals surface area contributed by atoms with Gasteiger partial charge in [-0.15, -0.1) is 0 Å². The molecule has 1 heterocycles. The first kappa shape index (κ1) is 12.2. The Balaban J connectivity index is 2.78. The Morgan fingerprint density at radius 2 is 2.25 bits per heavy atom. The van der Waals surface area contributed by atoms with Gasteiger partial charge < -0.3 is 10.3 Å². The minimum absolute atomic E-state index is 0.104. The van der Waals surface area contributed by atoms with Crippen molar-refractivity contribution < 1.29 is 14.1 Å². The molecule has 0 atom stereocenters. The van der Waals surface area contributed by atoms with E-state index in [1.165, 1.54) is 6.07 Å². The molecule has 1 rings (SSSR count). The van der Waals surface area contributed by atoms with Gasteiger partial charge in [-0.3, -0.25) is 9.69 Å². The van der Waals surface area contributed by atoms with Gasteiger partial charge in [-0.2, -0.15) is 0 Å². The molecule has 6 heteroatoms. The molecular weight excluding hydrogens is 210 g/mol. The topological polar surface area (TPSA) is 89.4 Å². The van der Waals surface area contributed by atoms with Gasteiger partial charge in [0.15, 0.2) is 5.69 Å². The summed E-state index contributed by atoms with van der Waals surface area (Å²) in [5, 5.41) is 3.55. The van der Waals surface area contributed by atoms with E-state index in [9.17, 15) is 9.59 Å². The van der Waals surface area contributed by atoms with Crippen LogP contribution in [0, 0.1) is 6.92 Å². The van der Waals surface area contributed by atoms with E-state index in [4.69, 9.17) is 10.3 Å². The van der Waals surface area contributed by atoms with Gasteiger partial charge in [0.25, 0.3) is 5.91 Å². The number of hydrogen-bond donors (Lipinski definition) is 1. The van der Waals surface area contributed by atoms with Crippen LogP contribution < -0.4 is 5.73 Å². The summed E-state index contributed by atoms with van der Waals surface area (Å²) in [5.41, 5.74) is 5.23. The van der Waals surface area contributed by atoms with Gasteiger partial charge in [-0.05, 0) is 13.3 Å². The Morgan fingerprint density at radius 1 is 1.56 bits per heavy atom. The van der Waals surface area contributed by atoms with Crippen molar-refractivity contribution >= 4 is 11.9 Å². The fourth-order valence-corrected chi connectivity index (χ4v) is 1.23. The maximum atomic E-state index is 11.8. The van der Waals surface area contributed by atoms with E-state index < -0.39 is 11.9 Å². The van der Waals surface area contributed by atoms with Crippen LogP contribution in [0.3, 0.4) is 0 Å². The molecule has 88 valence electrons. The van der Waals surface area contributed by atoms with E-state index in [0.29, 0.717) is 18.7 Å². The number of imide groups is 1. The van der Waals surface area contributed by atoms with Gasteiger partial charge in [0.1, 0.15) is 5.76 Å². The summed E-state index contributed by atoms with van der Waals surface area (Å²) in [6.07, 6.45) is 1.58. The number of aryl methyl sites for hydroxylation is 1. The molecule has 1 aromatic heterocycles. The highest BCUT2D eigenvalue weighted by molar-refractivity contribution is 6.02. The number of unbranched alkanes of at least 4 members (excludes halogenated alkanes) is 1. The van der Waals surface area contributed by atoms with Crippen LogP contribution in [0.25, 0.3) is 0 Å². The molecule has 6 nitrogen and oxygen atoms in total. The van der Waals surface area contributed by atoms with Crippen LogP contribution in [0.5, 0.6) is 0 Å². The van der Waals surface area contributed by atoms with Crippen molar-refractivity contribution in [1.29, 1.82) is 0 Å². The standard InChI is InChI=1S/C10H15N3O3/c1-3-4-5-13(10(11)15)9(14)8-6-7(2)16-12-8/h6H,3-5H2,1-2H3,(H2,11,15). The molecule has 0 radical (unpaired) electrons. The van der Waals surface area contributed by atoms with Crippen LogP contribution in [0.1, 0.15) is 36.0 Å². The zero-order valence-corrected chi connectivity index (χ0v) is 9.40. The summed E-state index contributed by atoms with van der Waals surface area (Å²) in [6.45, 7) is 3.94. The maximum absolute atomic E-state index is 11.8. The van der Waals surface area contributed by atoms with Crippen LogP contribution in [-0.2, 0) is 0 Å². The summed E-state index contributed by atoms with van der Waals surface area (Å²) in [6, 6.07) is 0.712. The summed E-state index contributed by atoms with van der Waals surface area (Å²) in [7, 11) is 0. The fourth-order valence-electron chi connectivity index (χ4n) is 1.23. The lowest BCUT2D eigenvalue weighted by atomic mass is 10.3. The maximum Gasteiger partial charge on any atom is 0.321 e. The van der Waals surface area contributed by atoms with Gasteiger partial charge in [0.2, 0.25) is 0 Å². The molecule has 16 heavy (non-hydrogen) atoms. The van der Waals surface area contributed by atoms with Crippen molar-refractivity contribution in [3.8, 4) is 0 Å². The molecule has 0 aromatic carbocycles. The average molecular weight is 225 g/mol. The highest BCUT2D eigenvalue weighted by atomic mass is 16.5. The quantitative estimate of drug-likeness (QED) is 0.836. The van der Waals surface area contributed by atoms with Crippen molar-refractivity contribution in [2.75, 3.05) is 6.54 Å². The minimum Gasteiger partial charge on any atom is -0.361 e. The molecule has 2 N–H and O–H groups in total. The Labute approximate surface area is 93.4 Å². The lowest BCUT2D eigenvalue weighted by Crippen LogP contribution is -2.41. The zero-order chi connectivity index (χ0) is 12.1. The van der Waals surface area contributed by atoms with Crippen LogP contribution in [0.4, 0.5) is 4.79 Å². The second kappa shape index (κ2) is 5.29. The van der Waals surface area contributed by atoms with Crippen molar-refractivity contribution in [3.05, 3.63) is 17.5 Å². The lowest BCUT2D eigenvalue weighted by molar-refractivity contribution is 0.0796. The third kappa shape index (κ3) is 2.82. The summed E-state index contributed by atoms with van der Waals surface area (Å²) in [4.78, 5) is 23.9. The molecule has 0 saturated carbocycles. The molecule has 3 amide bonds. The van der Waals surface area contributed by atoms with Gasteiger partial charge >= 0.3 is 6.03 Å². The number of carbonyl (C=O) groups excluding carboxylic acids is 2. The molecule has 0 aliphatic rings. The second-order valence-electron chi connectivity index (χ2n) is 3.47. The van der Waals surface area contributed by atoms with Gasteiger partial charge in [0.05, 0.1) is 0 Å². The van der Waals surface area contributed by atoms with Crippen molar-refractivity contribution in [2.45, 2.75) is 26.7 Å². The van der Waals surface area contributed by atoms with E-state index in [1.54, 1.807) is 6.92 Å². The third-order valence-corrected chi connectivity index (χ3v) is 2.09. The molecule has 1 aromatic rings. The minimum atomic E-state index is -0.765. The van der Waals surface area contributed by atoms with Crippen molar-refractivity contribution in [2.24, 2.45) is 5.73 Å². The molecule has 0 fully saturated rings. The molecule has 0 aliphatic carbocycles. The lowest BCUT2D eigenvalue weighted by Gasteiger charge is -2.16. The van der Waals surface area contributed by atoms with E-state index >= 15 is 0 Å². The Morgan fingerprint density at radius 3 is 2.69 bits per heavy atom. The smallest absolute Gasteiger partial charge is 0.321 e. The molecule has 0 bridgehead atoms. The second-order valence-corrected chi connectivity index (χ2v) is 3.47. The Hall–Kier alpha value is -1.85. The van der Waals surface area contributed by atoms with E-state index in [0.717, 1.165) is 11.3 Å². The number of aromatic nitrogens is 1. The highest BCUT2D eigenvalue weighted by Gasteiger charge is 2.22. The van der Waals surface area contributed by atoms with E-state index in [2.05, 4.69) is 5.16 Å². The monoisotopic (exact) mass is 225 g/mol. The predicted octanol–water partition coefficient (Wildman–Crippen LogP) is 1.30. The van der Waals surface area contributed by atoms with Crippen LogP contribution in [0.15, 0.2) is 10.6 Å². The van der Waals surface area contributed by atoms with Gasteiger partial charge in [-0.1, -0.05) is 18.5 Å². The predicted molar refractivity (Wildman–Crippen MR) is 56.8 cm³/mol. The first-order valence-corrected chi connectivity index (χ1v) is 5.11. The first-order chi connectivity index (χ1) is 7.56. The fraction of sp³-hybridized carbons (Fsp3) is 0.500. The summed E-state index contributed by atoms with van der Waals surface area (Å²) in [5.74, 6) is 0.000983. The summed E-state index contributed by atoms with van der Waals surface area (Å²) < 4.78 is 4.77. The number of amides is 3. The number of carbonyl (C=O) groups is 2. The van der Waals surface area contributed by atoms with Crippen LogP contribution in [-0.4, -0.2) is 28.5 Å². The number of nitrogens with zero attached hydrogens (tertiary/aromatic N) is 2. The molecular formula is C10H15N3O3. The van der Waals surface area contributed by atoms with Crippen LogP contribution in [0.2, 0.25) is 0 Å². The number of rotatable bonds is 4. The number of primary amides is 1. The average Bonchev–Trinajstić information content (AvgIpc) is 2.64. The first-order valence-electron chi connectivity index (χ1n) is 5.11. The zero-order valence-electron chi connectivity index (χ0n) is 9.40. The Bertz CT molecular complexity index is 386. The number of nitrogens with two attached hydrogens (primary N) is 1. The molecule has 0 saturated heterocycles. The normalized spacial score (nSPS) is 10.1. The van der Waals surface area contributed by atoms with Crippen molar-refractivity contribution in [3.63, 3.8) is 0 Å².